The Morgan fingerprint density at radius 2 is 1.77 bits per heavy atom. The predicted molar refractivity (Wildman–Crippen MR) is 119 cm³/mol. The van der Waals surface area contributed by atoms with Gasteiger partial charge < -0.3 is 14.2 Å². The maximum Gasteiger partial charge on any atom is 0.316 e. The van der Waals surface area contributed by atoms with Gasteiger partial charge in [-0.1, -0.05) is 0 Å². The van der Waals surface area contributed by atoms with Gasteiger partial charge in [-0.3, -0.25) is 4.79 Å². The van der Waals surface area contributed by atoms with Crippen LogP contribution in [0.2, 0.25) is 0 Å². The smallest absolute Gasteiger partial charge is 0.316 e. The van der Waals surface area contributed by atoms with Gasteiger partial charge in [0.25, 0.3) is 0 Å². The molecule has 0 bridgehead atoms. The van der Waals surface area contributed by atoms with Crippen molar-refractivity contribution >= 4 is 42.6 Å². The monoisotopic (exact) mass is 510 g/mol. The second-order valence-electron chi connectivity index (χ2n) is 8.01. The Hall–Kier alpha value is -2.43. The molecular weight excluding hydrogens is 488 g/mol. The molecule has 0 aliphatic carbocycles. The van der Waals surface area contributed by atoms with E-state index in [1.807, 2.05) is 0 Å². The minimum absolute atomic E-state index is 0.173. The molecule has 0 radical (unpaired) electrons. The Morgan fingerprint density at radius 3 is 2.32 bits per heavy atom. The molecule has 0 unspecified atom stereocenters. The summed E-state index contributed by atoms with van der Waals surface area (Å²) >= 11 is 3.43. The minimum Gasteiger partial charge on any atom is -0.455 e. The number of fused-ring (bicyclic) bond motifs is 1. The van der Waals surface area contributed by atoms with Crippen LogP contribution in [0.3, 0.4) is 0 Å². The average Bonchev–Trinajstić information content (AvgIpc) is 2.97. The van der Waals surface area contributed by atoms with Crippen molar-refractivity contribution in [2.45, 2.75) is 32.4 Å². The van der Waals surface area contributed by atoms with Gasteiger partial charge in [0, 0.05) is 24.8 Å². The number of esters is 1. The lowest BCUT2D eigenvalue weighted by Crippen LogP contribution is -2.25. The van der Waals surface area contributed by atoms with Crippen molar-refractivity contribution in [3.63, 3.8) is 0 Å². The van der Waals surface area contributed by atoms with Crippen LogP contribution in [-0.4, -0.2) is 37.5 Å². The Kier molecular flexibility index (Phi) is 6.45. The van der Waals surface area contributed by atoms with E-state index in [9.17, 15) is 13.2 Å². The van der Waals surface area contributed by atoms with Gasteiger partial charge in [-0.15, -0.1) is 0 Å². The number of hydrogen-bond acceptors (Lipinski definition) is 7. The molecule has 0 N–H and O–H groups in total. The molecule has 0 spiro atoms. The minimum atomic E-state index is -3.32. The number of ether oxygens (including phenoxy) is 3. The van der Waals surface area contributed by atoms with Crippen LogP contribution < -0.4 is 9.47 Å². The Balaban J connectivity index is 2.09. The van der Waals surface area contributed by atoms with Gasteiger partial charge in [-0.05, 0) is 67.0 Å². The number of benzene rings is 2. The van der Waals surface area contributed by atoms with Crippen molar-refractivity contribution in [3.8, 4) is 17.2 Å². The number of halogens is 1. The first-order chi connectivity index (χ1) is 14.4. The van der Waals surface area contributed by atoms with E-state index in [1.54, 1.807) is 56.8 Å². The number of carbonyl (C=O) groups excluding carboxylic acids is 1. The van der Waals surface area contributed by atoms with E-state index in [4.69, 9.17) is 14.2 Å². The Bertz CT molecular complexity index is 1230. The van der Waals surface area contributed by atoms with E-state index >= 15 is 0 Å². The maximum atomic E-state index is 12.4. The number of nitrogens with zero attached hydrogens (tertiary/aromatic N) is 2. The molecule has 3 rings (SSSR count). The van der Waals surface area contributed by atoms with Crippen molar-refractivity contribution in [3.05, 3.63) is 41.0 Å². The lowest BCUT2D eigenvalue weighted by atomic mass is 9.97. The van der Waals surface area contributed by atoms with Gasteiger partial charge in [-0.2, -0.15) is 5.10 Å². The van der Waals surface area contributed by atoms with Crippen LogP contribution in [0.15, 0.2) is 45.9 Å². The normalized spacial score (nSPS) is 12.2. The molecule has 2 aromatic carbocycles. The zero-order chi connectivity index (χ0) is 23.0. The van der Waals surface area contributed by atoms with Gasteiger partial charge in [0.05, 0.1) is 10.3 Å². The summed E-state index contributed by atoms with van der Waals surface area (Å²) < 4.78 is 42.4. The summed E-state index contributed by atoms with van der Waals surface area (Å²) in [6, 6.07) is 9.34. The SMILES string of the molecule is COCn1nc(Br)c2cc(OC(=O)C(C)(C)C)cc(Oc3ccc(S(C)(=O)=O)cc3)c21. The summed E-state index contributed by atoms with van der Waals surface area (Å²) in [5.41, 5.74) is -0.0639. The fourth-order valence-electron chi connectivity index (χ4n) is 2.71. The van der Waals surface area contributed by atoms with E-state index in [-0.39, 0.29) is 11.6 Å². The van der Waals surface area contributed by atoms with Crippen LogP contribution in [0.1, 0.15) is 20.8 Å². The molecule has 1 heterocycles. The Morgan fingerprint density at radius 1 is 1.13 bits per heavy atom. The molecule has 0 saturated carbocycles. The quantitative estimate of drug-likeness (QED) is 0.354. The molecule has 3 aromatic rings. The fourth-order valence-corrected chi connectivity index (χ4v) is 3.83. The van der Waals surface area contributed by atoms with Gasteiger partial charge in [0.15, 0.2) is 15.6 Å². The highest BCUT2D eigenvalue weighted by Gasteiger charge is 2.25. The van der Waals surface area contributed by atoms with Crippen molar-refractivity contribution in [1.29, 1.82) is 0 Å². The molecule has 31 heavy (non-hydrogen) atoms. The maximum absolute atomic E-state index is 12.4. The van der Waals surface area contributed by atoms with E-state index in [0.717, 1.165) is 6.26 Å². The highest BCUT2D eigenvalue weighted by molar-refractivity contribution is 9.10. The number of aromatic nitrogens is 2. The molecule has 1 aromatic heterocycles. The summed E-state index contributed by atoms with van der Waals surface area (Å²) in [5, 5.41) is 5.07. The van der Waals surface area contributed by atoms with Crippen LogP contribution in [0.25, 0.3) is 10.9 Å². The topological polar surface area (TPSA) is 96.7 Å². The third-order valence-electron chi connectivity index (χ3n) is 4.29. The van der Waals surface area contributed by atoms with Crippen LogP contribution >= 0.6 is 15.9 Å². The third kappa shape index (κ3) is 5.25. The van der Waals surface area contributed by atoms with E-state index in [1.165, 1.54) is 12.1 Å². The van der Waals surface area contributed by atoms with Gasteiger partial charge in [0.1, 0.15) is 28.3 Å². The van der Waals surface area contributed by atoms with Crippen LogP contribution in [0.5, 0.6) is 17.2 Å². The first-order valence-corrected chi connectivity index (χ1v) is 12.0. The molecule has 0 fully saturated rings. The highest BCUT2D eigenvalue weighted by atomic mass is 79.9. The lowest BCUT2D eigenvalue weighted by molar-refractivity contribution is -0.142. The molecule has 0 atom stereocenters. The molecule has 0 amide bonds. The first kappa shape index (κ1) is 23.2. The Labute approximate surface area is 189 Å². The number of rotatable bonds is 6. The van der Waals surface area contributed by atoms with Gasteiger partial charge in [-0.25, -0.2) is 13.1 Å². The predicted octanol–water partition coefficient (Wildman–Crippen LogP) is 4.55. The second-order valence-corrected chi connectivity index (χ2v) is 10.8. The van der Waals surface area contributed by atoms with Crippen LogP contribution in [0.4, 0.5) is 0 Å². The van der Waals surface area contributed by atoms with Gasteiger partial charge >= 0.3 is 5.97 Å². The van der Waals surface area contributed by atoms with E-state index < -0.39 is 21.2 Å². The molecule has 0 aliphatic rings. The summed E-state index contributed by atoms with van der Waals surface area (Å²) in [7, 11) is -1.77. The van der Waals surface area contributed by atoms with Crippen molar-refractivity contribution in [1.82, 2.24) is 9.78 Å². The largest absolute Gasteiger partial charge is 0.455 e. The second kappa shape index (κ2) is 8.60. The summed E-state index contributed by atoms with van der Waals surface area (Å²) in [6.07, 6.45) is 1.14. The molecule has 8 nitrogen and oxygen atoms in total. The van der Waals surface area contributed by atoms with Crippen molar-refractivity contribution < 1.29 is 27.4 Å². The zero-order valence-electron chi connectivity index (χ0n) is 17.8. The summed E-state index contributed by atoms with van der Waals surface area (Å²) in [4.78, 5) is 12.6. The number of hydrogen-bond donors (Lipinski definition) is 0. The third-order valence-corrected chi connectivity index (χ3v) is 6.01. The highest BCUT2D eigenvalue weighted by Crippen LogP contribution is 2.38. The van der Waals surface area contributed by atoms with Crippen molar-refractivity contribution in [2.24, 2.45) is 5.41 Å². The molecule has 0 saturated heterocycles. The standard InChI is InChI=1S/C21H23BrN2O6S/c1-21(2,3)20(25)30-14-10-16-18(24(12-28-4)23-19(16)22)17(11-14)29-13-6-8-15(9-7-13)31(5,26)27/h6-11H,12H2,1-5H3. The molecule has 0 aliphatic heterocycles. The number of carbonyl (C=O) groups is 1. The summed E-state index contributed by atoms with van der Waals surface area (Å²) in [5.74, 6) is 0.689. The van der Waals surface area contributed by atoms with Crippen LogP contribution in [-0.2, 0) is 26.1 Å². The summed E-state index contributed by atoms with van der Waals surface area (Å²) in [6.45, 7) is 5.47. The number of methoxy groups -OCH3 is 1. The fraction of sp³-hybridized carbons (Fsp3) is 0.333. The van der Waals surface area contributed by atoms with E-state index in [2.05, 4.69) is 21.0 Å². The van der Waals surface area contributed by atoms with E-state index in [0.29, 0.717) is 32.8 Å². The molecule has 10 heteroatoms. The number of sulfone groups is 1. The van der Waals surface area contributed by atoms with Gasteiger partial charge in [0.2, 0.25) is 0 Å². The lowest BCUT2D eigenvalue weighted by Gasteiger charge is -2.17. The zero-order valence-corrected chi connectivity index (χ0v) is 20.2. The molecular formula is C21H23BrN2O6S. The first-order valence-electron chi connectivity index (χ1n) is 9.29. The average molecular weight is 511 g/mol. The van der Waals surface area contributed by atoms with Crippen molar-refractivity contribution in [2.75, 3.05) is 13.4 Å². The molecule has 166 valence electrons. The van der Waals surface area contributed by atoms with Crippen LogP contribution in [0, 0.1) is 5.41 Å².